The zero-order chi connectivity index (χ0) is 24.5. The summed E-state index contributed by atoms with van der Waals surface area (Å²) in [6, 6.07) is 2.90. The second-order valence-electron chi connectivity index (χ2n) is 7.73. The summed E-state index contributed by atoms with van der Waals surface area (Å²) < 4.78 is 47.0. The van der Waals surface area contributed by atoms with E-state index < -0.39 is 31.2 Å². The van der Waals surface area contributed by atoms with Crippen LogP contribution in [0.2, 0.25) is 0 Å². The molecule has 4 heterocycles. The first-order valence-electron chi connectivity index (χ1n) is 10.3. The third-order valence-electron chi connectivity index (χ3n) is 5.40. The molecule has 3 aromatic heterocycles. The number of hydrogen-bond acceptors (Lipinski definition) is 7. The summed E-state index contributed by atoms with van der Waals surface area (Å²) in [6.07, 6.45) is -0.145. The fourth-order valence-corrected chi connectivity index (χ4v) is 3.57. The number of carbonyl (C=O) groups excluding carboxylic acids is 2. The number of oxazole rings is 1. The molecule has 2 amide bonds. The fraction of sp³-hybridized carbons (Fsp3) is 0.318. The highest BCUT2D eigenvalue weighted by molar-refractivity contribution is 6.05. The van der Waals surface area contributed by atoms with E-state index in [1.165, 1.54) is 18.7 Å². The maximum atomic E-state index is 13.1. The van der Waals surface area contributed by atoms with Gasteiger partial charge in [0.05, 0.1) is 25.6 Å². The molecule has 3 aromatic rings. The largest absolute Gasteiger partial charge is 0.477 e. The van der Waals surface area contributed by atoms with E-state index in [4.69, 9.17) is 9.15 Å². The SMILES string of the molecule is Cc1cc(C(C)N2Cc3c(ccnc3NC(=O)c3cocn3)C2=O)cnc1OCCC(F)(F)F. The van der Waals surface area contributed by atoms with E-state index in [1.807, 2.05) is 6.92 Å². The van der Waals surface area contributed by atoms with Gasteiger partial charge in [-0.1, -0.05) is 0 Å². The summed E-state index contributed by atoms with van der Waals surface area (Å²) >= 11 is 0. The van der Waals surface area contributed by atoms with Gasteiger partial charge in [-0.15, -0.1) is 0 Å². The molecule has 0 aliphatic carbocycles. The monoisotopic (exact) mass is 475 g/mol. The standard InChI is InChI=1S/C22H20F3N5O4/c1-12-7-14(8-27-20(12)34-6-4-22(23,24)25)13(2)30-9-16-15(21(30)32)3-5-26-18(16)29-19(31)17-10-33-11-28-17/h3,5,7-8,10-11,13H,4,6,9H2,1-2H3,(H,26,29,31). The van der Waals surface area contributed by atoms with Crippen molar-refractivity contribution in [3.05, 3.63) is 65.1 Å². The summed E-state index contributed by atoms with van der Waals surface area (Å²) in [4.78, 5) is 39.1. The van der Waals surface area contributed by atoms with Gasteiger partial charge in [0, 0.05) is 29.1 Å². The Kier molecular flexibility index (Phi) is 6.22. The van der Waals surface area contributed by atoms with Gasteiger partial charge < -0.3 is 19.4 Å². The van der Waals surface area contributed by atoms with Crippen LogP contribution in [-0.4, -0.2) is 44.4 Å². The number of pyridine rings is 2. The molecule has 0 fully saturated rings. The van der Waals surface area contributed by atoms with E-state index >= 15 is 0 Å². The number of aromatic nitrogens is 3. The molecular formula is C22H20F3N5O4. The lowest BCUT2D eigenvalue weighted by Gasteiger charge is -2.25. The Balaban J connectivity index is 1.48. The predicted octanol–water partition coefficient (Wildman–Crippen LogP) is 4.07. The number of fused-ring (bicyclic) bond motifs is 1. The quantitative estimate of drug-likeness (QED) is 0.548. The summed E-state index contributed by atoms with van der Waals surface area (Å²) in [5, 5.41) is 2.65. The van der Waals surface area contributed by atoms with E-state index in [0.29, 0.717) is 22.3 Å². The normalized spacial score (nSPS) is 14.1. The second kappa shape index (κ2) is 9.12. The van der Waals surface area contributed by atoms with E-state index in [0.717, 1.165) is 6.39 Å². The van der Waals surface area contributed by atoms with Crippen LogP contribution in [0.3, 0.4) is 0 Å². The Bertz CT molecular complexity index is 1210. The molecule has 0 spiro atoms. The van der Waals surface area contributed by atoms with Gasteiger partial charge in [0.25, 0.3) is 11.8 Å². The number of nitrogens with one attached hydrogen (secondary N) is 1. The number of hydrogen-bond donors (Lipinski definition) is 1. The highest BCUT2D eigenvalue weighted by Crippen LogP contribution is 2.34. The number of anilines is 1. The molecule has 0 saturated heterocycles. The number of rotatable bonds is 7. The molecule has 178 valence electrons. The van der Waals surface area contributed by atoms with Crippen molar-refractivity contribution in [1.29, 1.82) is 0 Å². The Morgan fingerprint density at radius 2 is 2.12 bits per heavy atom. The van der Waals surface area contributed by atoms with E-state index in [1.54, 1.807) is 24.0 Å². The minimum Gasteiger partial charge on any atom is -0.477 e. The smallest absolute Gasteiger partial charge is 0.392 e. The Hall–Kier alpha value is -3.96. The van der Waals surface area contributed by atoms with Crippen molar-refractivity contribution in [2.24, 2.45) is 0 Å². The molecule has 34 heavy (non-hydrogen) atoms. The van der Waals surface area contributed by atoms with Crippen LogP contribution in [0.5, 0.6) is 5.88 Å². The average molecular weight is 475 g/mol. The number of ether oxygens (including phenoxy) is 1. The summed E-state index contributed by atoms with van der Waals surface area (Å²) in [5.41, 5.74) is 2.29. The summed E-state index contributed by atoms with van der Waals surface area (Å²) in [5.74, 6) is -0.408. The van der Waals surface area contributed by atoms with Crippen molar-refractivity contribution in [3.8, 4) is 5.88 Å². The number of halogens is 3. The Morgan fingerprint density at radius 1 is 1.32 bits per heavy atom. The lowest BCUT2D eigenvalue weighted by molar-refractivity contribution is -0.139. The Morgan fingerprint density at radius 3 is 2.79 bits per heavy atom. The first-order chi connectivity index (χ1) is 16.1. The van der Waals surface area contributed by atoms with Crippen LogP contribution >= 0.6 is 0 Å². The van der Waals surface area contributed by atoms with E-state index in [-0.39, 0.29) is 29.8 Å². The number of aryl methyl sites for hydroxylation is 1. The summed E-state index contributed by atoms with van der Waals surface area (Å²) in [6.45, 7) is 3.15. The molecule has 4 rings (SSSR count). The van der Waals surface area contributed by atoms with Crippen molar-refractivity contribution in [3.63, 3.8) is 0 Å². The van der Waals surface area contributed by atoms with Gasteiger partial charge >= 0.3 is 6.18 Å². The maximum absolute atomic E-state index is 13.1. The molecular weight excluding hydrogens is 455 g/mol. The van der Waals surface area contributed by atoms with Gasteiger partial charge in [0.1, 0.15) is 12.1 Å². The Labute approximate surface area is 192 Å². The van der Waals surface area contributed by atoms with Crippen LogP contribution in [0.4, 0.5) is 19.0 Å². The molecule has 1 aliphatic rings. The van der Waals surface area contributed by atoms with Gasteiger partial charge in [0.2, 0.25) is 5.88 Å². The van der Waals surface area contributed by atoms with Gasteiger partial charge in [-0.05, 0) is 31.5 Å². The zero-order valence-corrected chi connectivity index (χ0v) is 18.2. The highest BCUT2D eigenvalue weighted by atomic mass is 19.4. The topological polar surface area (TPSA) is 110 Å². The van der Waals surface area contributed by atoms with Crippen molar-refractivity contribution in [2.75, 3.05) is 11.9 Å². The number of carbonyl (C=O) groups is 2. The van der Waals surface area contributed by atoms with E-state index in [9.17, 15) is 22.8 Å². The van der Waals surface area contributed by atoms with Crippen LogP contribution in [0, 0.1) is 6.92 Å². The minimum atomic E-state index is -4.31. The molecule has 1 aliphatic heterocycles. The van der Waals surface area contributed by atoms with E-state index in [2.05, 4.69) is 20.3 Å². The molecule has 1 atom stereocenters. The van der Waals surface area contributed by atoms with Crippen LogP contribution in [0.15, 0.2) is 41.6 Å². The van der Waals surface area contributed by atoms with Crippen molar-refractivity contribution in [2.45, 2.75) is 39.0 Å². The van der Waals surface area contributed by atoms with Crippen LogP contribution < -0.4 is 10.1 Å². The van der Waals surface area contributed by atoms with Crippen molar-refractivity contribution < 1.29 is 31.9 Å². The molecule has 0 aromatic carbocycles. The molecule has 9 nitrogen and oxygen atoms in total. The third kappa shape index (κ3) is 4.85. The highest BCUT2D eigenvalue weighted by Gasteiger charge is 2.34. The fourth-order valence-electron chi connectivity index (χ4n) is 3.57. The maximum Gasteiger partial charge on any atom is 0.392 e. The van der Waals surface area contributed by atoms with Crippen LogP contribution in [0.1, 0.15) is 56.9 Å². The first-order valence-corrected chi connectivity index (χ1v) is 10.3. The minimum absolute atomic E-state index is 0.0769. The molecule has 0 bridgehead atoms. The molecule has 1 unspecified atom stereocenters. The van der Waals surface area contributed by atoms with Crippen LogP contribution in [-0.2, 0) is 6.54 Å². The first kappa shape index (κ1) is 23.2. The third-order valence-corrected chi connectivity index (χ3v) is 5.40. The number of amides is 2. The lowest BCUT2D eigenvalue weighted by Crippen LogP contribution is -2.27. The van der Waals surface area contributed by atoms with Crippen molar-refractivity contribution in [1.82, 2.24) is 19.9 Å². The molecule has 0 radical (unpaired) electrons. The number of nitrogens with zero attached hydrogens (tertiary/aromatic N) is 4. The zero-order valence-electron chi connectivity index (χ0n) is 18.2. The average Bonchev–Trinajstić information content (AvgIpc) is 3.43. The summed E-state index contributed by atoms with van der Waals surface area (Å²) in [7, 11) is 0. The second-order valence-corrected chi connectivity index (χ2v) is 7.73. The molecule has 12 heteroatoms. The van der Waals surface area contributed by atoms with Crippen LogP contribution in [0.25, 0.3) is 0 Å². The van der Waals surface area contributed by atoms with Gasteiger partial charge in [-0.25, -0.2) is 15.0 Å². The molecule has 1 N–H and O–H groups in total. The van der Waals surface area contributed by atoms with Gasteiger partial charge in [0.15, 0.2) is 12.1 Å². The lowest BCUT2D eigenvalue weighted by atomic mass is 10.1. The van der Waals surface area contributed by atoms with Crippen molar-refractivity contribution >= 4 is 17.6 Å². The number of alkyl halides is 3. The molecule has 0 saturated carbocycles. The van der Waals surface area contributed by atoms with Gasteiger partial charge in [-0.2, -0.15) is 13.2 Å². The van der Waals surface area contributed by atoms with Gasteiger partial charge in [-0.3, -0.25) is 9.59 Å². The predicted molar refractivity (Wildman–Crippen MR) is 112 cm³/mol.